The number of hydrogen-bond donors (Lipinski definition) is 2. The highest BCUT2D eigenvalue weighted by Gasteiger charge is 2.24. The van der Waals surface area contributed by atoms with Crippen molar-refractivity contribution in [2.45, 2.75) is 39.2 Å². The number of aliphatic hydroxyl groups excluding tert-OH is 1. The Morgan fingerprint density at radius 2 is 2.23 bits per heavy atom. The first-order chi connectivity index (χ1) is 10.5. The van der Waals surface area contributed by atoms with Crippen molar-refractivity contribution in [2.75, 3.05) is 6.61 Å². The van der Waals surface area contributed by atoms with Crippen LogP contribution in [0.3, 0.4) is 0 Å². The Labute approximate surface area is 129 Å². The molecule has 0 aliphatic heterocycles. The van der Waals surface area contributed by atoms with Crippen LogP contribution in [0.1, 0.15) is 42.9 Å². The molecule has 2 rings (SSSR count). The Hall–Kier alpha value is -2.21. The van der Waals surface area contributed by atoms with Crippen LogP contribution >= 0.6 is 0 Å². The van der Waals surface area contributed by atoms with E-state index in [1.807, 2.05) is 19.9 Å². The Balaban J connectivity index is 2.20. The lowest BCUT2D eigenvalue weighted by atomic mass is 9.94. The summed E-state index contributed by atoms with van der Waals surface area (Å²) in [4.78, 5) is 16.6. The molecule has 0 aliphatic rings. The van der Waals surface area contributed by atoms with Crippen LogP contribution in [-0.4, -0.2) is 33.3 Å². The molecule has 1 atom stereocenters. The van der Waals surface area contributed by atoms with Gasteiger partial charge in [-0.15, -0.1) is 0 Å². The molecule has 1 heterocycles. The second kappa shape index (κ2) is 6.70. The number of aryl methyl sites for hydroxylation is 1. The molecule has 118 valence electrons. The van der Waals surface area contributed by atoms with Crippen molar-refractivity contribution in [3.8, 4) is 11.4 Å². The highest BCUT2D eigenvalue weighted by atomic mass is 16.5. The first-order valence-corrected chi connectivity index (χ1v) is 7.31. The fourth-order valence-electron chi connectivity index (χ4n) is 2.14. The van der Waals surface area contributed by atoms with Gasteiger partial charge in [0.1, 0.15) is 0 Å². The van der Waals surface area contributed by atoms with E-state index in [4.69, 9.17) is 9.63 Å². The lowest BCUT2D eigenvalue weighted by Crippen LogP contribution is -2.46. The van der Waals surface area contributed by atoms with E-state index in [1.165, 1.54) is 0 Å². The molecular weight excluding hydrogens is 282 g/mol. The van der Waals surface area contributed by atoms with Crippen LogP contribution in [0.2, 0.25) is 0 Å². The SMILES string of the molecule is CCC(C)(CCO)NC(=O)c1cccc(-c2noc(C)n2)c1. The predicted molar refractivity (Wildman–Crippen MR) is 82.3 cm³/mol. The van der Waals surface area contributed by atoms with E-state index in [9.17, 15) is 4.79 Å². The van der Waals surface area contributed by atoms with Crippen LogP contribution < -0.4 is 5.32 Å². The Bertz CT molecular complexity index is 654. The van der Waals surface area contributed by atoms with Gasteiger partial charge in [-0.3, -0.25) is 4.79 Å². The molecule has 0 fully saturated rings. The van der Waals surface area contributed by atoms with Gasteiger partial charge in [0.15, 0.2) is 0 Å². The first-order valence-electron chi connectivity index (χ1n) is 7.31. The van der Waals surface area contributed by atoms with E-state index in [1.54, 1.807) is 25.1 Å². The molecule has 22 heavy (non-hydrogen) atoms. The van der Waals surface area contributed by atoms with Gasteiger partial charge < -0.3 is 14.9 Å². The van der Waals surface area contributed by atoms with Gasteiger partial charge in [-0.25, -0.2) is 0 Å². The maximum atomic E-state index is 12.4. The smallest absolute Gasteiger partial charge is 0.251 e. The summed E-state index contributed by atoms with van der Waals surface area (Å²) in [6.07, 6.45) is 1.25. The van der Waals surface area contributed by atoms with Crippen molar-refractivity contribution in [2.24, 2.45) is 0 Å². The van der Waals surface area contributed by atoms with Gasteiger partial charge in [0, 0.05) is 30.2 Å². The van der Waals surface area contributed by atoms with Gasteiger partial charge in [0.2, 0.25) is 11.7 Å². The zero-order valence-corrected chi connectivity index (χ0v) is 13.1. The standard InChI is InChI=1S/C16H21N3O3/c1-4-16(3,8-9-20)18-15(21)13-7-5-6-12(10-13)14-17-11(2)22-19-14/h5-7,10,20H,4,8-9H2,1-3H3,(H,18,21). The molecule has 1 amide bonds. The van der Waals surface area contributed by atoms with Crippen LogP contribution in [0.4, 0.5) is 0 Å². The molecule has 0 bridgehead atoms. The van der Waals surface area contributed by atoms with Crippen LogP contribution in [0.25, 0.3) is 11.4 Å². The zero-order chi connectivity index (χ0) is 16.2. The quantitative estimate of drug-likeness (QED) is 0.855. The largest absolute Gasteiger partial charge is 0.396 e. The number of nitrogens with one attached hydrogen (secondary N) is 1. The normalized spacial score (nSPS) is 13.6. The summed E-state index contributed by atoms with van der Waals surface area (Å²) < 4.78 is 4.96. The minimum atomic E-state index is -0.426. The van der Waals surface area contributed by atoms with Crippen LogP contribution in [-0.2, 0) is 0 Å². The summed E-state index contributed by atoms with van der Waals surface area (Å²) >= 11 is 0. The summed E-state index contributed by atoms with van der Waals surface area (Å²) in [5.41, 5.74) is 0.826. The Morgan fingerprint density at radius 3 is 2.82 bits per heavy atom. The number of carbonyl (C=O) groups excluding carboxylic acids is 1. The molecule has 2 N–H and O–H groups in total. The molecule has 0 radical (unpaired) electrons. The second-order valence-corrected chi connectivity index (χ2v) is 5.56. The highest BCUT2D eigenvalue weighted by Crippen LogP contribution is 2.19. The summed E-state index contributed by atoms with van der Waals surface area (Å²) in [6, 6.07) is 7.08. The van der Waals surface area contributed by atoms with E-state index in [0.29, 0.717) is 23.7 Å². The van der Waals surface area contributed by atoms with E-state index in [-0.39, 0.29) is 12.5 Å². The summed E-state index contributed by atoms with van der Waals surface area (Å²) in [5.74, 6) is 0.756. The van der Waals surface area contributed by atoms with Gasteiger partial charge in [0.05, 0.1) is 0 Å². The summed E-state index contributed by atoms with van der Waals surface area (Å²) in [6.45, 7) is 5.66. The van der Waals surface area contributed by atoms with Crippen molar-refractivity contribution >= 4 is 5.91 Å². The van der Waals surface area contributed by atoms with Crippen molar-refractivity contribution in [3.63, 3.8) is 0 Å². The number of nitrogens with zero attached hydrogens (tertiary/aromatic N) is 2. The van der Waals surface area contributed by atoms with E-state index >= 15 is 0 Å². The number of benzene rings is 1. The van der Waals surface area contributed by atoms with Crippen molar-refractivity contribution in [1.29, 1.82) is 0 Å². The van der Waals surface area contributed by atoms with Crippen molar-refractivity contribution in [3.05, 3.63) is 35.7 Å². The molecular formula is C16H21N3O3. The van der Waals surface area contributed by atoms with Gasteiger partial charge in [-0.05, 0) is 31.9 Å². The minimum absolute atomic E-state index is 0.0345. The molecule has 1 aromatic carbocycles. The third kappa shape index (κ3) is 3.71. The number of carbonyl (C=O) groups is 1. The monoisotopic (exact) mass is 303 g/mol. The average molecular weight is 303 g/mol. The van der Waals surface area contributed by atoms with Crippen LogP contribution in [0, 0.1) is 6.92 Å². The summed E-state index contributed by atoms with van der Waals surface area (Å²) in [7, 11) is 0. The van der Waals surface area contributed by atoms with Gasteiger partial charge in [0.25, 0.3) is 5.91 Å². The molecule has 0 spiro atoms. The molecule has 0 saturated heterocycles. The fourth-order valence-corrected chi connectivity index (χ4v) is 2.14. The molecule has 2 aromatic rings. The highest BCUT2D eigenvalue weighted by molar-refractivity contribution is 5.95. The lowest BCUT2D eigenvalue weighted by Gasteiger charge is -2.29. The topological polar surface area (TPSA) is 88.2 Å². The van der Waals surface area contributed by atoms with Crippen LogP contribution in [0.5, 0.6) is 0 Å². The molecule has 6 nitrogen and oxygen atoms in total. The number of aromatic nitrogens is 2. The molecule has 6 heteroatoms. The van der Waals surface area contributed by atoms with Gasteiger partial charge >= 0.3 is 0 Å². The predicted octanol–water partition coefficient (Wildman–Crippen LogP) is 2.33. The third-order valence-electron chi connectivity index (χ3n) is 3.77. The number of hydrogen-bond acceptors (Lipinski definition) is 5. The Morgan fingerprint density at radius 1 is 1.45 bits per heavy atom. The van der Waals surface area contributed by atoms with E-state index in [2.05, 4.69) is 15.5 Å². The lowest BCUT2D eigenvalue weighted by molar-refractivity contribution is 0.0886. The third-order valence-corrected chi connectivity index (χ3v) is 3.77. The molecule has 0 saturated carbocycles. The molecule has 1 aromatic heterocycles. The van der Waals surface area contributed by atoms with Crippen molar-refractivity contribution < 1.29 is 14.4 Å². The summed E-state index contributed by atoms with van der Waals surface area (Å²) in [5, 5.41) is 16.0. The Kier molecular flexibility index (Phi) is 4.92. The van der Waals surface area contributed by atoms with Crippen LogP contribution in [0.15, 0.2) is 28.8 Å². The van der Waals surface area contributed by atoms with E-state index < -0.39 is 5.54 Å². The number of rotatable bonds is 6. The van der Waals surface area contributed by atoms with Gasteiger partial charge in [-0.2, -0.15) is 4.98 Å². The minimum Gasteiger partial charge on any atom is -0.396 e. The average Bonchev–Trinajstić information content (AvgIpc) is 2.94. The maximum Gasteiger partial charge on any atom is 0.251 e. The first kappa shape index (κ1) is 16.2. The van der Waals surface area contributed by atoms with E-state index in [0.717, 1.165) is 12.0 Å². The number of aliphatic hydroxyl groups is 1. The number of amides is 1. The second-order valence-electron chi connectivity index (χ2n) is 5.56. The zero-order valence-electron chi connectivity index (χ0n) is 13.1. The molecule has 0 aliphatic carbocycles. The van der Waals surface area contributed by atoms with Crippen molar-refractivity contribution in [1.82, 2.24) is 15.5 Å². The fraction of sp³-hybridized carbons (Fsp3) is 0.438. The molecule has 1 unspecified atom stereocenters. The van der Waals surface area contributed by atoms with Gasteiger partial charge in [-0.1, -0.05) is 24.2 Å². The maximum absolute atomic E-state index is 12.4.